The van der Waals surface area contributed by atoms with E-state index < -0.39 is 11.6 Å². The van der Waals surface area contributed by atoms with Crippen LogP contribution in [0.5, 0.6) is 0 Å². The number of terminal acetylenes is 1. The number of halogens is 2. The van der Waals surface area contributed by atoms with Gasteiger partial charge in [-0.2, -0.15) is 0 Å². The molecule has 0 aliphatic heterocycles. The van der Waals surface area contributed by atoms with Crippen molar-refractivity contribution < 1.29 is 8.78 Å². The molecule has 2 N–H and O–H groups in total. The molecule has 86 valence electrons. The summed E-state index contributed by atoms with van der Waals surface area (Å²) < 4.78 is 28.1. The maximum atomic E-state index is 13.5. The number of hydrogen-bond acceptors (Lipinski definition) is 2. The summed E-state index contributed by atoms with van der Waals surface area (Å²) in [6.07, 6.45) is 6.54. The minimum atomic E-state index is -0.967. The first-order valence-corrected chi connectivity index (χ1v) is 4.83. The van der Waals surface area contributed by atoms with Crippen LogP contribution in [0.15, 0.2) is 24.5 Å². The van der Waals surface area contributed by atoms with Crippen molar-refractivity contribution in [3.63, 3.8) is 0 Å². The summed E-state index contributed by atoms with van der Waals surface area (Å²) in [7, 11) is 0. The molecule has 1 aromatic heterocycles. The van der Waals surface area contributed by atoms with Crippen LogP contribution in [0.25, 0.3) is 11.3 Å². The number of nitrogen functional groups attached to an aromatic ring is 1. The second-order valence-corrected chi connectivity index (χ2v) is 3.41. The van der Waals surface area contributed by atoms with Crippen molar-refractivity contribution in [2.45, 2.75) is 6.54 Å². The van der Waals surface area contributed by atoms with E-state index >= 15 is 0 Å². The average Bonchev–Trinajstić information content (AvgIpc) is 2.66. The third-order valence-electron chi connectivity index (χ3n) is 2.35. The second-order valence-electron chi connectivity index (χ2n) is 3.41. The van der Waals surface area contributed by atoms with Crippen molar-refractivity contribution >= 4 is 5.82 Å². The van der Waals surface area contributed by atoms with Gasteiger partial charge in [0, 0.05) is 5.56 Å². The molecule has 1 aromatic carbocycles. The van der Waals surface area contributed by atoms with Crippen molar-refractivity contribution in [2.24, 2.45) is 0 Å². The van der Waals surface area contributed by atoms with Gasteiger partial charge in [0.2, 0.25) is 0 Å². The maximum Gasteiger partial charge on any atom is 0.168 e. The Balaban J connectivity index is 2.55. The van der Waals surface area contributed by atoms with Crippen LogP contribution >= 0.6 is 0 Å². The minimum absolute atomic E-state index is 0.0262. The van der Waals surface area contributed by atoms with Gasteiger partial charge in [0.25, 0.3) is 0 Å². The largest absolute Gasteiger partial charge is 0.383 e. The summed E-state index contributed by atoms with van der Waals surface area (Å²) in [5.74, 6) is 0.702. The molecule has 5 heteroatoms. The summed E-state index contributed by atoms with van der Waals surface area (Å²) in [4.78, 5) is 3.94. The number of hydrogen-bond donors (Lipinski definition) is 1. The highest BCUT2D eigenvalue weighted by atomic mass is 19.2. The molecule has 0 aliphatic rings. The Bertz CT molecular complexity index is 596. The van der Waals surface area contributed by atoms with E-state index in [4.69, 9.17) is 12.2 Å². The van der Waals surface area contributed by atoms with Gasteiger partial charge in [-0.1, -0.05) is 12.0 Å². The fourth-order valence-electron chi connectivity index (χ4n) is 1.51. The number of aromatic nitrogens is 2. The summed E-state index contributed by atoms with van der Waals surface area (Å²) in [6.45, 7) is 0.232. The minimum Gasteiger partial charge on any atom is -0.383 e. The fraction of sp³-hybridized carbons (Fsp3) is 0.0833. The number of nitrogens with zero attached hydrogens (tertiary/aromatic N) is 2. The topological polar surface area (TPSA) is 43.8 Å². The van der Waals surface area contributed by atoms with Gasteiger partial charge in [-0.25, -0.2) is 13.8 Å². The monoisotopic (exact) mass is 233 g/mol. The van der Waals surface area contributed by atoms with E-state index in [9.17, 15) is 8.78 Å². The predicted octanol–water partition coefficient (Wildman–Crippen LogP) is 2.04. The number of benzene rings is 1. The molecule has 0 aliphatic carbocycles. The molecule has 0 unspecified atom stereocenters. The number of nitrogens with two attached hydrogens (primary N) is 1. The fourth-order valence-corrected chi connectivity index (χ4v) is 1.51. The van der Waals surface area contributed by atoms with E-state index in [1.807, 2.05) is 0 Å². The summed E-state index contributed by atoms with van der Waals surface area (Å²) in [5, 5.41) is 0. The first-order chi connectivity index (χ1) is 8.15. The van der Waals surface area contributed by atoms with E-state index in [-0.39, 0.29) is 23.6 Å². The van der Waals surface area contributed by atoms with E-state index in [0.717, 1.165) is 6.07 Å². The second kappa shape index (κ2) is 4.26. The van der Waals surface area contributed by atoms with Crippen LogP contribution < -0.4 is 5.73 Å². The number of anilines is 1. The summed E-state index contributed by atoms with van der Waals surface area (Å²) in [5.41, 5.74) is 5.97. The first kappa shape index (κ1) is 11.1. The predicted molar refractivity (Wildman–Crippen MR) is 60.8 cm³/mol. The van der Waals surface area contributed by atoms with Crippen molar-refractivity contribution in [3.8, 4) is 23.6 Å². The van der Waals surface area contributed by atoms with Crippen LogP contribution in [-0.4, -0.2) is 9.55 Å². The molecule has 2 aromatic rings. The maximum absolute atomic E-state index is 13.5. The molecule has 0 fully saturated rings. The smallest absolute Gasteiger partial charge is 0.168 e. The summed E-state index contributed by atoms with van der Waals surface area (Å²) in [6, 6.07) is 3.85. The lowest BCUT2D eigenvalue weighted by atomic mass is 10.1. The van der Waals surface area contributed by atoms with Crippen LogP contribution in [0.4, 0.5) is 14.6 Å². The number of rotatable bonds is 2. The Morgan fingerprint density at radius 3 is 2.88 bits per heavy atom. The van der Waals surface area contributed by atoms with E-state index in [1.165, 1.54) is 23.0 Å². The number of imidazole rings is 1. The van der Waals surface area contributed by atoms with Gasteiger partial charge in [0.05, 0.1) is 12.9 Å². The molecule has 0 atom stereocenters. The van der Waals surface area contributed by atoms with Gasteiger partial charge in [-0.3, -0.25) is 0 Å². The molecule has 0 saturated heterocycles. The van der Waals surface area contributed by atoms with E-state index in [0.29, 0.717) is 0 Å². The van der Waals surface area contributed by atoms with Gasteiger partial charge in [0.1, 0.15) is 11.5 Å². The van der Waals surface area contributed by atoms with E-state index in [1.54, 1.807) is 0 Å². The van der Waals surface area contributed by atoms with Crippen LogP contribution in [0, 0.1) is 24.0 Å². The zero-order valence-electron chi connectivity index (χ0n) is 8.82. The van der Waals surface area contributed by atoms with Crippen molar-refractivity contribution in [1.82, 2.24) is 9.55 Å². The lowest BCUT2D eigenvalue weighted by molar-refractivity contribution is 0.511. The van der Waals surface area contributed by atoms with Gasteiger partial charge in [-0.15, -0.1) is 6.42 Å². The zero-order chi connectivity index (χ0) is 12.4. The molecule has 2 rings (SSSR count). The Kier molecular flexibility index (Phi) is 2.79. The third-order valence-corrected chi connectivity index (χ3v) is 2.35. The standard InChI is InChI=1S/C12H9F2N3/c1-2-6-17-7-16-11(12(17)15)8-4-3-5-9(13)10(8)14/h1,3-5,7H,6,15H2. The Labute approximate surface area is 96.9 Å². The van der Waals surface area contributed by atoms with Crippen LogP contribution in [0.3, 0.4) is 0 Å². The molecule has 3 nitrogen and oxygen atoms in total. The van der Waals surface area contributed by atoms with Gasteiger partial charge >= 0.3 is 0 Å². The normalized spacial score (nSPS) is 10.2. The Morgan fingerprint density at radius 1 is 1.41 bits per heavy atom. The third kappa shape index (κ3) is 1.85. The van der Waals surface area contributed by atoms with Gasteiger partial charge in [-0.05, 0) is 12.1 Å². The first-order valence-electron chi connectivity index (χ1n) is 4.83. The Hall–Kier alpha value is -2.35. The lowest BCUT2D eigenvalue weighted by Gasteiger charge is -2.03. The van der Waals surface area contributed by atoms with Crippen molar-refractivity contribution in [3.05, 3.63) is 36.2 Å². The van der Waals surface area contributed by atoms with Crippen LogP contribution in [-0.2, 0) is 6.54 Å². The summed E-state index contributed by atoms with van der Waals surface area (Å²) >= 11 is 0. The van der Waals surface area contributed by atoms with Crippen molar-refractivity contribution in [1.29, 1.82) is 0 Å². The SMILES string of the molecule is C#CCn1cnc(-c2cccc(F)c2F)c1N. The molecular weight excluding hydrogens is 224 g/mol. The van der Waals surface area contributed by atoms with Crippen LogP contribution in [0.1, 0.15) is 0 Å². The molecule has 0 saturated carbocycles. The van der Waals surface area contributed by atoms with Crippen LogP contribution in [0.2, 0.25) is 0 Å². The average molecular weight is 233 g/mol. The molecule has 0 radical (unpaired) electrons. The lowest BCUT2D eigenvalue weighted by Crippen LogP contribution is -2.01. The van der Waals surface area contributed by atoms with E-state index in [2.05, 4.69) is 10.9 Å². The molecule has 0 amide bonds. The highest BCUT2D eigenvalue weighted by Crippen LogP contribution is 2.27. The van der Waals surface area contributed by atoms with Gasteiger partial charge in [0.15, 0.2) is 11.6 Å². The molecule has 0 spiro atoms. The molecule has 17 heavy (non-hydrogen) atoms. The highest BCUT2D eigenvalue weighted by Gasteiger charge is 2.15. The highest BCUT2D eigenvalue weighted by molar-refractivity contribution is 5.71. The Morgan fingerprint density at radius 2 is 2.18 bits per heavy atom. The quantitative estimate of drug-likeness (QED) is 0.807. The zero-order valence-corrected chi connectivity index (χ0v) is 8.82. The van der Waals surface area contributed by atoms with Gasteiger partial charge < -0.3 is 10.3 Å². The molecular formula is C12H9F2N3. The van der Waals surface area contributed by atoms with Crippen molar-refractivity contribution in [2.75, 3.05) is 5.73 Å². The molecule has 0 bridgehead atoms. The molecule has 1 heterocycles.